The molecule has 0 aliphatic rings. The molecule has 340 valence electrons. The molecule has 3 aromatic heterocycles. The Balaban J connectivity index is 1.10. The summed E-state index contributed by atoms with van der Waals surface area (Å²) in [5.74, 6) is 0. The molecule has 0 saturated heterocycles. The molecule has 5 heteroatoms. The molecule has 13 aromatic rings. The van der Waals surface area contributed by atoms with Crippen LogP contribution in [-0.4, -0.2) is 0 Å². The minimum absolute atomic E-state index is 0.0903. The lowest BCUT2D eigenvalue weighted by molar-refractivity contribution is 0.572. The van der Waals surface area contributed by atoms with Crippen LogP contribution in [0.15, 0.2) is 197 Å². The summed E-state index contributed by atoms with van der Waals surface area (Å²) in [6.07, 6.45) is 0. The maximum atomic E-state index is 7.14. The molecule has 70 heavy (non-hydrogen) atoms. The zero-order chi connectivity index (χ0) is 47.6. The molecular formula is C65H52N2O2S. The fourth-order valence-electron chi connectivity index (χ4n) is 11.1. The summed E-state index contributed by atoms with van der Waals surface area (Å²) in [6, 6.07) is 68.6. The minimum Gasteiger partial charge on any atom is -0.454 e. The van der Waals surface area contributed by atoms with Crippen molar-refractivity contribution < 1.29 is 8.83 Å². The summed E-state index contributed by atoms with van der Waals surface area (Å²) in [7, 11) is 0. The summed E-state index contributed by atoms with van der Waals surface area (Å²) in [6.45, 7) is 15.8. The molecule has 0 fully saturated rings. The lowest BCUT2D eigenvalue weighted by Crippen LogP contribution is -2.12. The lowest BCUT2D eigenvalue weighted by atomic mass is 9.86. The molecule has 4 nitrogen and oxygen atoms in total. The van der Waals surface area contributed by atoms with Crippen molar-refractivity contribution in [1.82, 2.24) is 0 Å². The zero-order valence-corrected chi connectivity index (χ0v) is 41.3. The number of anilines is 6. The molecule has 0 aliphatic heterocycles. The second-order valence-electron chi connectivity index (χ2n) is 20.9. The van der Waals surface area contributed by atoms with Crippen LogP contribution in [-0.2, 0) is 10.8 Å². The average Bonchev–Trinajstić information content (AvgIpc) is 4.07. The molecule has 0 radical (unpaired) electrons. The molecule has 0 saturated carbocycles. The van der Waals surface area contributed by atoms with Crippen LogP contribution in [0.25, 0.3) is 85.6 Å². The highest BCUT2D eigenvalue weighted by atomic mass is 32.1. The summed E-state index contributed by atoms with van der Waals surface area (Å²) in [5.41, 5.74) is 13.4. The first-order chi connectivity index (χ1) is 33.9. The molecule has 0 N–H and O–H groups in total. The van der Waals surface area contributed by atoms with E-state index in [1.807, 2.05) is 11.3 Å². The smallest absolute Gasteiger partial charge is 0.159 e. The third-order valence-corrected chi connectivity index (χ3v) is 15.6. The number of rotatable bonds is 6. The Morgan fingerprint density at radius 1 is 0.357 bits per heavy atom. The molecule has 0 amide bonds. The molecule has 0 unspecified atom stereocenters. The van der Waals surface area contributed by atoms with Gasteiger partial charge >= 0.3 is 0 Å². The Bertz CT molecular complexity index is 4230. The van der Waals surface area contributed by atoms with Gasteiger partial charge in [-0.3, -0.25) is 0 Å². The lowest BCUT2D eigenvalue weighted by Gasteiger charge is -2.28. The van der Waals surface area contributed by atoms with Crippen LogP contribution in [0.3, 0.4) is 0 Å². The Morgan fingerprint density at radius 3 is 1.39 bits per heavy atom. The second-order valence-corrected chi connectivity index (χ2v) is 22.0. The number of furan rings is 2. The van der Waals surface area contributed by atoms with Crippen molar-refractivity contribution in [2.45, 2.75) is 59.3 Å². The van der Waals surface area contributed by atoms with Gasteiger partial charge < -0.3 is 18.6 Å². The Morgan fingerprint density at radius 2 is 0.800 bits per heavy atom. The fraction of sp³-hybridized carbons (Fsp3) is 0.138. The molecular weight excluding hydrogens is 873 g/mol. The summed E-state index contributed by atoms with van der Waals surface area (Å²) in [4.78, 5) is 4.87. The van der Waals surface area contributed by atoms with E-state index < -0.39 is 0 Å². The Kier molecular flexibility index (Phi) is 9.40. The van der Waals surface area contributed by atoms with Gasteiger partial charge in [-0.25, -0.2) is 0 Å². The van der Waals surface area contributed by atoms with E-state index in [0.717, 1.165) is 83.4 Å². The van der Waals surface area contributed by atoms with Crippen LogP contribution in [0.1, 0.15) is 58.2 Å². The van der Waals surface area contributed by atoms with Gasteiger partial charge in [-0.2, -0.15) is 0 Å². The van der Waals surface area contributed by atoms with Gasteiger partial charge in [0.15, 0.2) is 11.2 Å². The number of para-hydroxylation sites is 6. The fourth-order valence-corrected chi connectivity index (χ4v) is 12.4. The van der Waals surface area contributed by atoms with E-state index >= 15 is 0 Å². The minimum atomic E-state index is -0.0951. The molecule has 13 rings (SSSR count). The van der Waals surface area contributed by atoms with Gasteiger partial charge in [0.2, 0.25) is 0 Å². The van der Waals surface area contributed by atoms with Gasteiger partial charge in [-0.05, 0) is 71.2 Å². The quantitative estimate of drug-likeness (QED) is 0.166. The standard InChI is InChI=1S/C65H52N2O2S/c1-39-21-11-16-34-52(39)67(54-36-20-31-47-45-29-18-33-51(65(5,6)7)60(45)69-62(47)54)55-37-49-58-43-26-14-12-24-41(43)56(38-57(58)70-63(49)48-27-15-13-25-42(48)55)66(40-22-9-8-10-23-40)53-35-19-30-46-44-28-17-32-50(64(2,3)4)59(44)68-61(46)53/h8-38H,1-7H3. The highest BCUT2D eigenvalue weighted by molar-refractivity contribution is 7.27. The molecule has 0 spiro atoms. The van der Waals surface area contributed by atoms with Crippen LogP contribution in [0.5, 0.6) is 0 Å². The first-order valence-electron chi connectivity index (χ1n) is 24.3. The van der Waals surface area contributed by atoms with Gasteiger partial charge in [-0.15, -0.1) is 11.3 Å². The normalized spacial score (nSPS) is 12.5. The van der Waals surface area contributed by atoms with Crippen molar-refractivity contribution in [2.75, 3.05) is 9.80 Å². The second kappa shape index (κ2) is 15.6. The van der Waals surface area contributed by atoms with E-state index in [-0.39, 0.29) is 10.8 Å². The maximum absolute atomic E-state index is 7.14. The topological polar surface area (TPSA) is 32.8 Å². The maximum Gasteiger partial charge on any atom is 0.159 e. The van der Waals surface area contributed by atoms with Gasteiger partial charge in [0.25, 0.3) is 0 Å². The van der Waals surface area contributed by atoms with E-state index in [1.54, 1.807) is 0 Å². The van der Waals surface area contributed by atoms with Crippen molar-refractivity contribution in [2.24, 2.45) is 0 Å². The predicted octanol–water partition coefficient (Wildman–Crippen LogP) is 20.0. The van der Waals surface area contributed by atoms with Gasteiger partial charge in [-0.1, -0.05) is 187 Å². The number of hydrogen-bond donors (Lipinski definition) is 0. The van der Waals surface area contributed by atoms with E-state index in [2.05, 4.69) is 246 Å². The summed E-state index contributed by atoms with van der Waals surface area (Å²) in [5, 5.41) is 11.7. The molecule has 0 bridgehead atoms. The first kappa shape index (κ1) is 42.3. The van der Waals surface area contributed by atoms with Crippen molar-refractivity contribution in [3.05, 3.63) is 205 Å². The van der Waals surface area contributed by atoms with Gasteiger partial charge in [0.1, 0.15) is 11.2 Å². The number of hydrogen-bond acceptors (Lipinski definition) is 5. The van der Waals surface area contributed by atoms with Crippen molar-refractivity contribution >= 4 is 131 Å². The van der Waals surface area contributed by atoms with E-state index in [0.29, 0.717) is 0 Å². The molecule has 3 heterocycles. The molecule has 0 aliphatic carbocycles. The number of thiophene rings is 1. The third kappa shape index (κ3) is 6.41. The number of fused-ring (bicyclic) bond motifs is 13. The van der Waals surface area contributed by atoms with Crippen LogP contribution >= 0.6 is 11.3 Å². The van der Waals surface area contributed by atoms with Crippen molar-refractivity contribution in [3.8, 4) is 0 Å². The highest BCUT2D eigenvalue weighted by Crippen LogP contribution is 2.53. The number of aryl methyl sites for hydroxylation is 1. The third-order valence-electron chi connectivity index (χ3n) is 14.4. The van der Waals surface area contributed by atoms with Crippen molar-refractivity contribution in [1.29, 1.82) is 0 Å². The SMILES string of the molecule is Cc1ccccc1N(c1cc2c(sc3cc(N(c4ccccc4)c4cccc5c4oc4c(C(C)(C)C)cccc45)c4ccccc4c32)c2ccccc12)c1cccc2c1oc1c(C(C)(C)C)cccc12. The first-order valence-corrected chi connectivity index (χ1v) is 25.2. The van der Waals surface area contributed by atoms with Gasteiger partial charge in [0.05, 0.1) is 22.7 Å². The van der Waals surface area contributed by atoms with Crippen molar-refractivity contribution in [3.63, 3.8) is 0 Å². The largest absolute Gasteiger partial charge is 0.454 e. The monoisotopic (exact) mass is 924 g/mol. The summed E-state index contributed by atoms with van der Waals surface area (Å²) < 4.78 is 16.7. The van der Waals surface area contributed by atoms with Crippen LogP contribution < -0.4 is 9.80 Å². The highest BCUT2D eigenvalue weighted by Gasteiger charge is 2.29. The van der Waals surface area contributed by atoms with Gasteiger partial charge in [0, 0.05) is 80.4 Å². The van der Waals surface area contributed by atoms with E-state index in [9.17, 15) is 0 Å². The van der Waals surface area contributed by atoms with Crippen LogP contribution in [0, 0.1) is 6.92 Å². The molecule has 0 atom stereocenters. The average molecular weight is 925 g/mol. The number of nitrogens with zero attached hydrogens (tertiary/aromatic N) is 2. The Labute approximate surface area is 411 Å². The van der Waals surface area contributed by atoms with Crippen LogP contribution in [0.4, 0.5) is 34.1 Å². The predicted molar refractivity (Wildman–Crippen MR) is 300 cm³/mol. The zero-order valence-electron chi connectivity index (χ0n) is 40.5. The van der Waals surface area contributed by atoms with E-state index in [4.69, 9.17) is 8.83 Å². The Hall–Kier alpha value is -7.86. The number of benzene rings is 10. The molecule has 10 aromatic carbocycles. The summed E-state index contributed by atoms with van der Waals surface area (Å²) >= 11 is 1.88. The van der Waals surface area contributed by atoms with E-state index in [1.165, 1.54) is 53.0 Å². The van der Waals surface area contributed by atoms with Crippen LogP contribution in [0.2, 0.25) is 0 Å².